The largest absolute Gasteiger partial charge is 0.476 e. The van der Waals surface area contributed by atoms with Crippen LogP contribution >= 0.6 is 0 Å². The average Bonchev–Trinajstić information content (AvgIpc) is 2.15. The van der Waals surface area contributed by atoms with Crippen LogP contribution in [0.3, 0.4) is 0 Å². The first-order chi connectivity index (χ1) is 6.59. The minimum absolute atomic E-state index is 0.105. The maximum Gasteiger partial charge on any atom is 0.356 e. The van der Waals surface area contributed by atoms with Crippen LogP contribution in [0.2, 0.25) is 0 Å². The number of aromatic nitrogens is 2. The molecule has 1 heterocycles. The minimum atomic E-state index is -1.10. The van der Waals surface area contributed by atoms with Gasteiger partial charge in [-0.05, 0) is 5.92 Å². The van der Waals surface area contributed by atoms with E-state index in [0.717, 1.165) is 0 Å². The van der Waals surface area contributed by atoms with Gasteiger partial charge < -0.3 is 9.84 Å². The minimum Gasteiger partial charge on any atom is -0.476 e. The van der Waals surface area contributed by atoms with E-state index in [-0.39, 0.29) is 11.6 Å². The number of aromatic carboxylic acids is 1. The van der Waals surface area contributed by atoms with Gasteiger partial charge in [0.1, 0.15) is 0 Å². The number of hydrogen-bond donors (Lipinski definition) is 1. The van der Waals surface area contributed by atoms with Gasteiger partial charge >= 0.3 is 5.97 Å². The van der Waals surface area contributed by atoms with Crippen molar-refractivity contribution < 1.29 is 14.6 Å². The van der Waals surface area contributed by atoms with Gasteiger partial charge in [-0.2, -0.15) is 0 Å². The first-order valence-corrected chi connectivity index (χ1v) is 4.27. The summed E-state index contributed by atoms with van der Waals surface area (Å²) in [7, 11) is 0. The van der Waals surface area contributed by atoms with Gasteiger partial charge in [0.25, 0.3) is 0 Å². The lowest BCUT2D eigenvalue weighted by atomic mass is 10.2. The number of carbonyl (C=O) groups is 1. The molecule has 1 aromatic heterocycles. The molecule has 0 fully saturated rings. The molecule has 0 aliphatic carbocycles. The van der Waals surface area contributed by atoms with Gasteiger partial charge in [-0.15, -0.1) is 0 Å². The molecule has 0 radical (unpaired) electrons. The number of carboxylic acids is 1. The zero-order chi connectivity index (χ0) is 10.6. The predicted octanol–water partition coefficient (Wildman–Crippen LogP) is 1.21. The van der Waals surface area contributed by atoms with E-state index in [1.165, 1.54) is 12.4 Å². The predicted molar refractivity (Wildman–Crippen MR) is 49.3 cm³/mol. The van der Waals surface area contributed by atoms with Crippen molar-refractivity contribution in [2.75, 3.05) is 6.61 Å². The molecular formula is C9H12N2O3. The standard InChI is InChI=1S/C9H12N2O3/c1-6(2)5-14-8-4-10-3-7(11-8)9(12)13/h3-4,6H,5H2,1-2H3,(H,12,13). The first kappa shape index (κ1) is 10.4. The zero-order valence-corrected chi connectivity index (χ0v) is 8.10. The quantitative estimate of drug-likeness (QED) is 0.783. The van der Waals surface area contributed by atoms with Crippen molar-refractivity contribution in [2.45, 2.75) is 13.8 Å². The van der Waals surface area contributed by atoms with E-state index in [4.69, 9.17) is 9.84 Å². The van der Waals surface area contributed by atoms with Gasteiger partial charge in [0.2, 0.25) is 5.88 Å². The van der Waals surface area contributed by atoms with Crippen LogP contribution in [0.15, 0.2) is 12.4 Å². The van der Waals surface area contributed by atoms with Gasteiger partial charge in [-0.3, -0.25) is 4.98 Å². The summed E-state index contributed by atoms with van der Waals surface area (Å²) in [5.74, 6) is -0.489. The highest BCUT2D eigenvalue weighted by Gasteiger charge is 2.06. The Labute approximate surface area is 81.8 Å². The molecule has 0 atom stereocenters. The second-order valence-corrected chi connectivity index (χ2v) is 3.25. The Morgan fingerprint density at radius 3 is 2.86 bits per heavy atom. The summed E-state index contributed by atoms with van der Waals surface area (Å²) in [5.41, 5.74) is -0.105. The Bertz CT molecular complexity index is 326. The van der Waals surface area contributed by atoms with Gasteiger partial charge in [0.05, 0.1) is 19.0 Å². The molecule has 0 aliphatic rings. The highest BCUT2D eigenvalue weighted by Crippen LogP contribution is 2.06. The lowest BCUT2D eigenvalue weighted by molar-refractivity contribution is 0.0688. The maximum atomic E-state index is 10.5. The molecule has 0 saturated carbocycles. The number of hydrogen-bond acceptors (Lipinski definition) is 4. The van der Waals surface area contributed by atoms with E-state index < -0.39 is 5.97 Å². The summed E-state index contributed by atoms with van der Waals surface area (Å²) in [6.07, 6.45) is 2.58. The third-order valence-corrected chi connectivity index (χ3v) is 1.40. The Morgan fingerprint density at radius 2 is 2.29 bits per heavy atom. The SMILES string of the molecule is CC(C)COc1cncc(C(=O)O)n1. The smallest absolute Gasteiger partial charge is 0.356 e. The third-order valence-electron chi connectivity index (χ3n) is 1.40. The molecule has 5 nitrogen and oxygen atoms in total. The average molecular weight is 196 g/mol. The third kappa shape index (κ3) is 3.01. The van der Waals surface area contributed by atoms with Crippen LogP contribution in [0.5, 0.6) is 5.88 Å². The normalized spacial score (nSPS) is 10.2. The Balaban J connectivity index is 2.69. The number of carboxylic acid groups (broad SMARTS) is 1. The van der Waals surface area contributed by atoms with Gasteiger partial charge in [0, 0.05) is 0 Å². The van der Waals surface area contributed by atoms with Gasteiger partial charge in [-0.1, -0.05) is 13.8 Å². The summed E-state index contributed by atoms with van der Waals surface area (Å²) in [6.45, 7) is 4.49. The molecule has 14 heavy (non-hydrogen) atoms. The molecule has 0 saturated heterocycles. The molecule has 0 unspecified atom stereocenters. The van der Waals surface area contributed by atoms with E-state index in [0.29, 0.717) is 12.5 Å². The van der Waals surface area contributed by atoms with Gasteiger partial charge in [-0.25, -0.2) is 9.78 Å². The summed E-state index contributed by atoms with van der Waals surface area (Å²) in [4.78, 5) is 18.0. The van der Waals surface area contributed by atoms with E-state index in [1.54, 1.807) is 0 Å². The van der Waals surface area contributed by atoms with Crippen LogP contribution in [0.4, 0.5) is 0 Å². The van der Waals surface area contributed by atoms with Crippen LogP contribution in [-0.2, 0) is 0 Å². The van der Waals surface area contributed by atoms with E-state index in [1.807, 2.05) is 13.8 Å². The second kappa shape index (κ2) is 4.55. The molecular weight excluding hydrogens is 184 g/mol. The summed E-state index contributed by atoms with van der Waals surface area (Å²) >= 11 is 0. The molecule has 0 bridgehead atoms. The second-order valence-electron chi connectivity index (χ2n) is 3.25. The summed E-state index contributed by atoms with van der Waals surface area (Å²) in [5, 5.41) is 8.63. The molecule has 1 aromatic rings. The molecule has 1 rings (SSSR count). The van der Waals surface area contributed by atoms with E-state index >= 15 is 0 Å². The van der Waals surface area contributed by atoms with E-state index in [2.05, 4.69) is 9.97 Å². The molecule has 0 amide bonds. The lowest BCUT2D eigenvalue weighted by Crippen LogP contribution is -2.08. The molecule has 1 N–H and O–H groups in total. The number of ether oxygens (including phenoxy) is 1. The van der Waals surface area contributed by atoms with Crippen LogP contribution in [0.1, 0.15) is 24.3 Å². The highest BCUT2D eigenvalue weighted by atomic mass is 16.5. The van der Waals surface area contributed by atoms with Crippen molar-refractivity contribution in [1.82, 2.24) is 9.97 Å². The molecule has 76 valence electrons. The first-order valence-electron chi connectivity index (χ1n) is 4.27. The molecule has 0 spiro atoms. The fourth-order valence-corrected chi connectivity index (χ4v) is 0.773. The Hall–Kier alpha value is -1.65. The monoisotopic (exact) mass is 196 g/mol. The van der Waals surface area contributed by atoms with Crippen molar-refractivity contribution in [3.63, 3.8) is 0 Å². The van der Waals surface area contributed by atoms with Crippen molar-refractivity contribution in [3.8, 4) is 5.88 Å². The molecule has 0 aromatic carbocycles. The van der Waals surface area contributed by atoms with Crippen LogP contribution in [0.25, 0.3) is 0 Å². The zero-order valence-electron chi connectivity index (χ0n) is 8.10. The Morgan fingerprint density at radius 1 is 1.57 bits per heavy atom. The fraction of sp³-hybridized carbons (Fsp3) is 0.444. The maximum absolute atomic E-state index is 10.5. The van der Waals surface area contributed by atoms with Crippen molar-refractivity contribution in [3.05, 3.63) is 18.1 Å². The van der Waals surface area contributed by atoms with Crippen LogP contribution < -0.4 is 4.74 Å². The lowest BCUT2D eigenvalue weighted by Gasteiger charge is -2.06. The van der Waals surface area contributed by atoms with E-state index in [9.17, 15) is 4.79 Å². The topological polar surface area (TPSA) is 72.3 Å². The Kier molecular flexibility index (Phi) is 3.39. The number of rotatable bonds is 4. The number of nitrogens with zero attached hydrogens (tertiary/aromatic N) is 2. The molecule has 5 heteroatoms. The van der Waals surface area contributed by atoms with Crippen LogP contribution in [-0.4, -0.2) is 27.7 Å². The summed E-state index contributed by atoms with van der Waals surface area (Å²) in [6, 6.07) is 0. The van der Waals surface area contributed by atoms with Crippen molar-refractivity contribution in [2.24, 2.45) is 5.92 Å². The molecule has 0 aliphatic heterocycles. The van der Waals surface area contributed by atoms with Gasteiger partial charge in [0.15, 0.2) is 5.69 Å². The fourth-order valence-electron chi connectivity index (χ4n) is 0.773. The highest BCUT2D eigenvalue weighted by molar-refractivity contribution is 5.84. The van der Waals surface area contributed by atoms with Crippen LogP contribution in [0, 0.1) is 5.92 Å². The van der Waals surface area contributed by atoms with Crippen molar-refractivity contribution >= 4 is 5.97 Å². The van der Waals surface area contributed by atoms with Crippen molar-refractivity contribution in [1.29, 1.82) is 0 Å². The summed E-state index contributed by atoms with van der Waals surface area (Å²) < 4.78 is 5.22.